The van der Waals surface area contributed by atoms with Crippen LogP contribution >= 0.6 is 0 Å². The first-order valence-corrected chi connectivity index (χ1v) is 7.20. The molecule has 0 radical (unpaired) electrons. The Morgan fingerprint density at radius 1 is 1.28 bits per heavy atom. The van der Waals surface area contributed by atoms with Gasteiger partial charge in [0, 0.05) is 38.3 Å². The van der Waals surface area contributed by atoms with E-state index in [1.165, 1.54) is 42.9 Å². The van der Waals surface area contributed by atoms with Crippen LogP contribution in [-0.4, -0.2) is 31.7 Å². The van der Waals surface area contributed by atoms with Gasteiger partial charge in [0.1, 0.15) is 0 Å². The molecule has 96 valence electrons. The minimum absolute atomic E-state index is 0.607. The van der Waals surface area contributed by atoms with Crippen molar-refractivity contribution in [2.24, 2.45) is 0 Å². The fraction of sp³-hybridized carbons (Fsp3) is 0.600. The molecule has 0 bridgehead atoms. The van der Waals surface area contributed by atoms with E-state index in [0.717, 1.165) is 19.1 Å². The van der Waals surface area contributed by atoms with Crippen LogP contribution in [-0.2, 0) is 6.54 Å². The number of nitrogens with zero attached hydrogens (tertiary/aromatic N) is 2. The van der Waals surface area contributed by atoms with Gasteiger partial charge in [-0.3, -0.25) is 0 Å². The van der Waals surface area contributed by atoms with Crippen molar-refractivity contribution in [2.75, 3.05) is 29.4 Å². The smallest absolute Gasteiger partial charge is 0.0653 e. The lowest BCUT2D eigenvalue weighted by Gasteiger charge is -2.44. The highest BCUT2D eigenvalue weighted by atomic mass is 15.3. The molecule has 0 spiro atoms. The van der Waals surface area contributed by atoms with Gasteiger partial charge in [-0.2, -0.15) is 0 Å². The third-order valence-electron chi connectivity index (χ3n) is 4.77. The summed E-state index contributed by atoms with van der Waals surface area (Å²) in [5.74, 6) is 0. The fourth-order valence-electron chi connectivity index (χ4n) is 3.87. The van der Waals surface area contributed by atoms with E-state index >= 15 is 0 Å². The number of fused-ring (bicyclic) bond motifs is 2. The molecule has 18 heavy (non-hydrogen) atoms. The van der Waals surface area contributed by atoms with Gasteiger partial charge in [0.05, 0.1) is 11.4 Å². The lowest BCUT2D eigenvalue weighted by Crippen LogP contribution is -2.50. The third kappa shape index (κ3) is 1.40. The number of rotatable bonds is 0. The van der Waals surface area contributed by atoms with Gasteiger partial charge in [-0.15, -0.1) is 0 Å². The molecule has 3 heterocycles. The SMILES string of the molecule is CC1CNCc2cccc3c2N1CC1CCCN31. The average Bonchev–Trinajstić information content (AvgIpc) is 2.79. The number of para-hydroxylation sites is 1. The van der Waals surface area contributed by atoms with Gasteiger partial charge in [0.15, 0.2) is 0 Å². The minimum atomic E-state index is 0.607. The molecule has 2 atom stereocenters. The first-order valence-electron chi connectivity index (χ1n) is 7.20. The van der Waals surface area contributed by atoms with Crippen molar-refractivity contribution in [3.63, 3.8) is 0 Å². The highest BCUT2D eigenvalue weighted by Gasteiger charge is 2.37. The second kappa shape index (κ2) is 3.89. The molecule has 4 rings (SSSR count). The zero-order chi connectivity index (χ0) is 12.1. The van der Waals surface area contributed by atoms with Crippen LogP contribution in [0.3, 0.4) is 0 Å². The van der Waals surface area contributed by atoms with Gasteiger partial charge >= 0.3 is 0 Å². The first kappa shape index (κ1) is 10.7. The maximum absolute atomic E-state index is 3.58. The summed E-state index contributed by atoms with van der Waals surface area (Å²) in [6.07, 6.45) is 2.72. The lowest BCUT2D eigenvalue weighted by atomic mass is 10.0. The van der Waals surface area contributed by atoms with E-state index in [0.29, 0.717) is 6.04 Å². The Labute approximate surface area is 109 Å². The van der Waals surface area contributed by atoms with Crippen molar-refractivity contribution >= 4 is 11.4 Å². The summed E-state index contributed by atoms with van der Waals surface area (Å²) in [6, 6.07) is 8.18. The van der Waals surface area contributed by atoms with Crippen molar-refractivity contribution in [2.45, 2.75) is 38.4 Å². The molecule has 1 N–H and O–H groups in total. The number of hydrogen-bond acceptors (Lipinski definition) is 3. The van der Waals surface area contributed by atoms with E-state index in [1.54, 1.807) is 0 Å². The van der Waals surface area contributed by atoms with Crippen LogP contribution < -0.4 is 15.1 Å². The van der Waals surface area contributed by atoms with Gasteiger partial charge < -0.3 is 15.1 Å². The summed E-state index contributed by atoms with van der Waals surface area (Å²) in [7, 11) is 0. The summed E-state index contributed by atoms with van der Waals surface area (Å²) in [5.41, 5.74) is 4.46. The Bertz CT molecular complexity index is 471. The van der Waals surface area contributed by atoms with Crippen LogP contribution in [0.4, 0.5) is 11.4 Å². The van der Waals surface area contributed by atoms with Crippen molar-refractivity contribution in [1.29, 1.82) is 0 Å². The molecule has 0 saturated carbocycles. The second-order valence-corrected chi connectivity index (χ2v) is 5.91. The molecule has 0 amide bonds. The Hall–Kier alpha value is -1.22. The van der Waals surface area contributed by atoms with Crippen LogP contribution in [0, 0.1) is 0 Å². The molecule has 1 aromatic carbocycles. The van der Waals surface area contributed by atoms with Gasteiger partial charge in [-0.1, -0.05) is 12.1 Å². The van der Waals surface area contributed by atoms with E-state index in [1.807, 2.05) is 0 Å². The zero-order valence-corrected chi connectivity index (χ0v) is 11.0. The Balaban J connectivity index is 1.89. The minimum Gasteiger partial charge on any atom is -0.365 e. The normalized spacial score (nSPS) is 29.8. The maximum Gasteiger partial charge on any atom is 0.0653 e. The summed E-state index contributed by atoms with van der Waals surface area (Å²) >= 11 is 0. The van der Waals surface area contributed by atoms with E-state index in [9.17, 15) is 0 Å². The highest BCUT2D eigenvalue weighted by Crippen LogP contribution is 2.42. The molecular formula is C15H21N3. The van der Waals surface area contributed by atoms with E-state index in [4.69, 9.17) is 0 Å². The van der Waals surface area contributed by atoms with Gasteiger partial charge in [0.25, 0.3) is 0 Å². The number of benzene rings is 1. The van der Waals surface area contributed by atoms with E-state index < -0.39 is 0 Å². The fourth-order valence-corrected chi connectivity index (χ4v) is 3.87. The molecule has 1 aromatic rings. The molecule has 0 aliphatic carbocycles. The Morgan fingerprint density at radius 3 is 3.17 bits per heavy atom. The van der Waals surface area contributed by atoms with Gasteiger partial charge in [-0.05, 0) is 31.4 Å². The summed E-state index contributed by atoms with van der Waals surface area (Å²) in [5, 5.41) is 3.58. The molecular weight excluding hydrogens is 222 g/mol. The highest BCUT2D eigenvalue weighted by molar-refractivity contribution is 5.78. The monoisotopic (exact) mass is 243 g/mol. The molecule has 1 saturated heterocycles. The standard InChI is InChI=1S/C15H21N3/c1-11-8-16-9-12-4-2-6-14-15(12)18(11)10-13-5-3-7-17(13)14/h2,4,6,11,13,16H,3,5,7-10H2,1H3. The van der Waals surface area contributed by atoms with Gasteiger partial charge in [0.2, 0.25) is 0 Å². The molecule has 3 aliphatic heterocycles. The number of anilines is 2. The Morgan fingerprint density at radius 2 is 2.22 bits per heavy atom. The molecule has 3 aliphatic rings. The maximum atomic E-state index is 3.58. The number of hydrogen-bond donors (Lipinski definition) is 1. The van der Waals surface area contributed by atoms with Crippen molar-refractivity contribution in [3.05, 3.63) is 23.8 Å². The molecule has 3 nitrogen and oxygen atoms in total. The molecule has 0 aromatic heterocycles. The average molecular weight is 243 g/mol. The quantitative estimate of drug-likeness (QED) is 0.751. The van der Waals surface area contributed by atoms with Crippen LogP contribution in [0.1, 0.15) is 25.3 Å². The zero-order valence-electron chi connectivity index (χ0n) is 11.0. The lowest BCUT2D eigenvalue weighted by molar-refractivity contribution is 0.534. The second-order valence-electron chi connectivity index (χ2n) is 5.91. The predicted octanol–water partition coefficient (Wildman–Crippen LogP) is 1.97. The topological polar surface area (TPSA) is 18.5 Å². The summed E-state index contributed by atoms with van der Waals surface area (Å²) in [4.78, 5) is 5.30. The van der Waals surface area contributed by atoms with Crippen molar-refractivity contribution < 1.29 is 0 Å². The summed E-state index contributed by atoms with van der Waals surface area (Å²) < 4.78 is 0. The van der Waals surface area contributed by atoms with Crippen LogP contribution in [0.2, 0.25) is 0 Å². The van der Waals surface area contributed by atoms with E-state index in [2.05, 4.69) is 40.2 Å². The summed E-state index contributed by atoms with van der Waals surface area (Å²) in [6.45, 7) is 6.93. The molecule has 2 unspecified atom stereocenters. The predicted molar refractivity (Wildman–Crippen MR) is 75.3 cm³/mol. The van der Waals surface area contributed by atoms with Crippen LogP contribution in [0.25, 0.3) is 0 Å². The van der Waals surface area contributed by atoms with Crippen LogP contribution in [0.15, 0.2) is 18.2 Å². The third-order valence-corrected chi connectivity index (χ3v) is 4.77. The molecule has 3 heteroatoms. The molecule has 1 fully saturated rings. The van der Waals surface area contributed by atoms with Crippen LogP contribution in [0.5, 0.6) is 0 Å². The Kier molecular flexibility index (Phi) is 2.31. The van der Waals surface area contributed by atoms with Crippen molar-refractivity contribution in [1.82, 2.24) is 5.32 Å². The number of nitrogens with one attached hydrogen (secondary N) is 1. The van der Waals surface area contributed by atoms with Gasteiger partial charge in [-0.25, -0.2) is 0 Å². The largest absolute Gasteiger partial charge is 0.365 e. The van der Waals surface area contributed by atoms with E-state index in [-0.39, 0.29) is 0 Å². The first-order chi connectivity index (χ1) is 8.84. The van der Waals surface area contributed by atoms with Crippen molar-refractivity contribution in [3.8, 4) is 0 Å².